The molecule has 0 bridgehead atoms. The highest BCUT2D eigenvalue weighted by Crippen LogP contribution is 2.17. The maximum absolute atomic E-state index is 5.75. The summed E-state index contributed by atoms with van der Waals surface area (Å²) in [6.07, 6.45) is 1.81. The van der Waals surface area contributed by atoms with Gasteiger partial charge in [0, 0.05) is 13.2 Å². The number of hydrogen-bond donors (Lipinski definition) is 1. The van der Waals surface area contributed by atoms with Crippen molar-refractivity contribution in [2.45, 2.75) is 31.6 Å². The zero-order valence-corrected chi connectivity index (χ0v) is 6.88. The molecule has 0 aromatic carbocycles. The van der Waals surface area contributed by atoms with Crippen LogP contribution in [0.1, 0.15) is 13.3 Å². The average molecular weight is 157 g/mol. The van der Waals surface area contributed by atoms with Crippen LogP contribution in [0.5, 0.6) is 0 Å². The van der Waals surface area contributed by atoms with Crippen LogP contribution in [0.3, 0.4) is 0 Å². The van der Waals surface area contributed by atoms with Gasteiger partial charge in [0.15, 0.2) is 0 Å². The SMILES string of the molecule is C[C@H]1CN[C@H]2COCC[C@@H]2O1. The maximum Gasteiger partial charge on any atom is 0.0776 e. The van der Waals surface area contributed by atoms with E-state index in [9.17, 15) is 0 Å². The zero-order chi connectivity index (χ0) is 7.68. The molecule has 0 unspecified atom stereocenters. The first-order valence-electron chi connectivity index (χ1n) is 4.33. The van der Waals surface area contributed by atoms with E-state index in [4.69, 9.17) is 9.47 Å². The number of hydrogen-bond acceptors (Lipinski definition) is 3. The van der Waals surface area contributed by atoms with Crippen LogP contribution in [0.25, 0.3) is 0 Å². The molecule has 1 N–H and O–H groups in total. The van der Waals surface area contributed by atoms with Gasteiger partial charge in [-0.3, -0.25) is 0 Å². The van der Waals surface area contributed by atoms with Crippen LogP contribution in [-0.2, 0) is 9.47 Å². The van der Waals surface area contributed by atoms with Crippen molar-refractivity contribution >= 4 is 0 Å². The van der Waals surface area contributed by atoms with E-state index in [1.807, 2.05) is 0 Å². The molecule has 64 valence electrons. The molecular weight excluding hydrogens is 142 g/mol. The Morgan fingerprint density at radius 1 is 1.45 bits per heavy atom. The molecule has 0 aromatic rings. The summed E-state index contributed by atoms with van der Waals surface area (Å²) in [7, 11) is 0. The third kappa shape index (κ3) is 1.55. The van der Waals surface area contributed by atoms with Crippen molar-refractivity contribution in [1.29, 1.82) is 0 Å². The fourth-order valence-corrected chi connectivity index (χ4v) is 1.74. The second-order valence-electron chi connectivity index (χ2n) is 3.36. The molecule has 0 spiro atoms. The number of morpholine rings is 1. The van der Waals surface area contributed by atoms with Gasteiger partial charge in [0.2, 0.25) is 0 Å². The van der Waals surface area contributed by atoms with Crippen molar-refractivity contribution in [3.8, 4) is 0 Å². The summed E-state index contributed by atoms with van der Waals surface area (Å²) in [4.78, 5) is 0. The standard InChI is InChI=1S/C8H15NO2/c1-6-4-9-7-5-10-3-2-8(7)11-6/h6-9H,2-5H2,1H3/t6-,7-,8-/m0/s1. The predicted molar refractivity (Wildman–Crippen MR) is 41.6 cm³/mol. The summed E-state index contributed by atoms with van der Waals surface area (Å²) in [5.41, 5.74) is 0. The Hall–Kier alpha value is -0.120. The van der Waals surface area contributed by atoms with Crippen molar-refractivity contribution in [3.63, 3.8) is 0 Å². The summed E-state index contributed by atoms with van der Waals surface area (Å²) in [6, 6.07) is 0.444. The number of fused-ring (bicyclic) bond motifs is 1. The summed E-state index contributed by atoms with van der Waals surface area (Å²) < 4.78 is 11.1. The van der Waals surface area contributed by atoms with E-state index < -0.39 is 0 Å². The second-order valence-corrected chi connectivity index (χ2v) is 3.36. The Bertz CT molecular complexity index is 140. The first-order valence-corrected chi connectivity index (χ1v) is 4.33. The van der Waals surface area contributed by atoms with Crippen LogP contribution in [-0.4, -0.2) is 38.0 Å². The molecule has 2 aliphatic heterocycles. The van der Waals surface area contributed by atoms with Gasteiger partial charge >= 0.3 is 0 Å². The minimum Gasteiger partial charge on any atom is -0.380 e. The third-order valence-electron chi connectivity index (χ3n) is 2.37. The maximum atomic E-state index is 5.75. The topological polar surface area (TPSA) is 30.5 Å². The Morgan fingerprint density at radius 2 is 2.36 bits per heavy atom. The van der Waals surface area contributed by atoms with Gasteiger partial charge in [0.25, 0.3) is 0 Å². The number of nitrogens with one attached hydrogen (secondary N) is 1. The number of ether oxygens (including phenoxy) is 2. The lowest BCUT2D eigenvalue weighted by atomic mass is 10.0. The van der Waals surface area contributed by atoms with Gasteiger partial charge in [-0.15, -0.1) is 0 Å². The largest absolute Gasteiger partial charge is 0.380 e. The Kier molecular flexibility index (Phi) is 2.11. The van der Waals surface area contributed by atoms with E-state index in [-0.39, 0.29) is 0 Å². The van der Waals surface area contributed by atoms with E-state index in [2.05, 4.69) is 12.2 Å². The van der Waals surface area contributed by atoms with E-state index in [0.717, 1.165) is 26.2 Å². The molecule has 0 aromatic heterocycles. The van der Waals surface area contributed by atoms with Gasteiger partial charge < -0.3 is 14.8 Å². The van der Waals surface area contributed by atoms with Gasteiger partial charge in [0.1, 0.15) is 0 Å². The lowest BCUT2D eigenvalue weighted by molar-refractivity contribution is -0.109. The first kappa shape index (κ1) is 7.53. The molecule has 3 atom stereocenters. The predicted octanol–water partition coefficient (Wildman–Crippen LogP) is 0.152. The molecule has 0 saturated carbocycles. The summed E-state index contributed by atoms with van der Waals surface area (Å²) >= 11 is 0. The van der Waals surface area contributed by atoms with Crippen molar-refractivity contribution in [1.82, 2.24) is 5.32 Å². The van der Waals surface area contributed by atoms with E-state index >= 15 is 0 Å². The molecular formula is C8H15NO2. The van der Waals surface area contributed by atoms with Crippen LogP contribution < -0.4 is 5.32 Å². The Balaban J connectivity index is 1.93. The normalized spacial score (nSPS) is 45.0. The van der Waals surface area contributed by atoms with E-state index in [1.54, 1.807) is 0 Å². The molecule has 0 amide bonds. The third-order valence-corrected chi connectivity index (χ3v) is 2.37. The summed E-state index contributed by atoms with van der Waals surface area (Å²) in [5.74, 6) is 0. The molecule has 3 nitrogen and oxygen atoms in total. The average Bonchev–Trinajstić information content (AvgIpc) is 2.04. The molecule has 0 aliphatic carbocycles. The molecule has 2 aliphatic rings. The second kappa shape index (κ2) is 3.09. The van der Waals surface area contributed by atoms with Crippen LogP contribution in [0, 0.1) is 0 Å². The summed E-state index contributed by atoms with van der Waals surface area (Å²) in [5, 5.41) is 3.42. The molecule has 2 saturated heterocycles. The van der Waals surface area contributed by atoms with Crippen LogP contribution in [0.2, 0.25) is 0 Å². The van der Waals surface area contributed by atoms with Gasteiger partial charge in [-0.2, -0.15) is 0 Å². The zero-order valence-electron chi connectivity index (χ0n) is 6.88. The van der Waals surface area contributed by atoms with Gasteiger partial charge in [-0.05, 0) is 13.3 Å². The monoisotopic (exact) mass is 157 g/mol. The smallest absolute Gasteiger partial charge is 0.0776 e. The Labute approximate surface area is 67.1 Å². The van der Waals surface area contributed by atoms with Crippen LogP contribution in [0.15, 0.2) is 0 Å². The highest BCUT2D eigenvalue weighted by atomic mass is 16.5. The molecule has 11 heavy (non-hydrogen) atoms. The van der Waals surface area contributed by atoms with E-state index in [0.29, 0.717) is 18.2 Å². The minimum absolute atomic E-state index is 0.370. The molecule has 2 rings (SSSR count). The van der Waals surface area contributed by atoms with Crippen molar-refractivity contribution in [2.75, 3.05) is 19.8 Å². The summed E-state index contributed by atoms with van der Waals surface area (Å²) in [6.45, 7) is 4.75. The first-order chi connectivity index (χ1) is 5.36. The fraction of sp³-hybridized carbons (Fsp3) is 1.00. The van der Waals surface area contributed by atoms with Gasteiger partial charge in [-0.1, -0.05) is 0 Å². The Morgan fingerprint density at radius 3 is 3.27 bits per heavy atom. The molecule has 2 heterocycles. The highest BCUT2D eigenvalue weighted by Gasteiger charge is 2.31. The molecule has 0 radical (unpaired) electrons. The fourth-order valence-electron chi connectivity index (χ4n) is 1.74. The van der Waals surface area contributed by atoms with Crippen molar-refractivity contribution in [2.24, 2.45) is 0 Å². The molecule has 2 fully saturated rings. The lowest BCUT2D eigenvalue weighted by Gasteiger charge is -2.38. The lowest BCUT2D eigenvalue weighted by Crippen LogP contribution is -2.56. The van der Waals surface area contributed by atoms with E-state index in [1.165, 1.54) is 0 Å². The minimum atomic E-state index is 0.370. The molecule has 3 heteroatoms. The van der Waals surface area contributed by atoms with Crippen molar-refractivity contribution in [3.05, 3.63) is 0 Å². The van der Waals surface area contributed by atoms with Gasteiger partial charge in [-0.25, -0.2) is 0 Å². The van der Waals surface area contributed by atoms with Crippen LogP contribution >= 0.6 is 0 Å². The van der Waals surface area contributed by atoms with Crippen LogP contribution in [0.4, 0.5) is 0 Å². The quantitative estimate of drug-likeness (QED) is 0.543. The number of rotatable bonds is 0. The highest BCUT2D eigenvalue weighted by molar-refractivity contribution is 4.85. The van der Waals surface area contributed by atoms with Crippen molar-refractivity contribution < 1.29 is 9.47 Å². The van der Waals surface area contributed by atoms with Gasteiger partial charge in [0.05, 0.1) is 24.9 Å².